The summed E-state index contributed by atoms with van der Waals surface area (Å²) in [6.07, 6.45) is 0.521. The molecule has 0 spiro atoms. The minimum absolute atomic E-state index is 0.141. The van der Waals surface area contributed by atoms with Crippen LogP contribution in [0.15, 0.2) is 0 Å². The first-order chi connectivity index (χ1) is 6.97. The highest BCUT2D eigenvalue weighted by molar-refractivity contribution is 7.65. The Morgan fingerprint density at radius 3 is 1.44 bits per heavy atom. The highest BCUT2D eigenvalue weighted by Gasteiger charge is 2.28. The second-order valence-corrected chi connectivity index (χ2v) is 18.6. The molecule has 0 saturated heterocycles. The molecule has 0 aromatic rings. The zero-order valence-corrected chi connectivity index (χ0v) is 14.8. The zero-order chi connectivity index (χ0) is 13.0. The van der Waals surface area contributed by atoms with Crippen molar-refractivity contribution in [1.29, 1.82) is 0 Å². The fourth-order valence-corrected chi connectivity index (χ4v) is 6.34. The minimum Gasteiger partial charge on any atom is -0.410 e. The van der Waals surface area contributed by atoms with E-state index in [0.29, 0.717) is 0 Å². The smallest absolute Gasteiger partial charge is 0.184 e. The van der Waals surface area contributed by atoms with Crippen LogP contribution in [0.5, 0.6) is 0 Å². The Bertz CT molecular complexity index is 238. The third-order valence-electron chi connectivity index (χ3n) is 1.68. The Morgan fingerprint density at radius 2 is 1.25 bits per heavy atom. The van der Waals surface area contributed by atoms with Gasteiger partial charge in [-0.05, 0) is 39.3 Å². The Balaban J connectivity index is 4.28. The molecule has 0 aromatic carbocycles. The third-order valence-corrected chi connectivity index (χ3v) is 7.13. The van der Waals surface area contributed by atoms with E-state index in [1.165, 1.54) is 0 Å². The number of hydrogen-bond donors (Lipinski definition) is 0. The van der Waals surface area contributed by atoms with E-state index in [0.717, 1.165) is 0 Å². The van der Waals surface area contributed by atoms with Gasteiger partial charge in [-0.15, -0.1) is 11.6 Å². The maximum absolute atomic E-state index is 12.3. The summed E-state index contributed by atoms with van der Waals surface area (Å²) in [6.45, 7) is 12.4. The molecular weight excluding hydrogens is 279 g/mol. The van der Waals surface area contributed by atoms with E-state index in [1.54, 1.807) is 0 Å². The molecule has 16 heavy (non-hydrogen) atoms. The van der Waals surface area contributed by atoms with E-state index in [-0.39, 0.29) is 18.3 Å². The van der Waals surface area contributed by atoms with Crippen LogP contribution >= 0.6 is 18.7 Å². The van der Waals surface area contributed by atoms with Crippen LogP contribution in [-0.4, -0.2) is 35.0 Å². The van der Waals surface area contributed by atoms with E-state index in [1.807, 2.05) is 0 Å². The van der Waals surface area contributed by atoms with Crippen LogP contribution in [0.4, 0.5) is 0 Å². The molecule has 98 valence electrons. The van der Waals surface area contributed by atoms with E-state index >= 15 is 0 Å². The van der Waals surface area contributed by atoms with Crippen molar-refractivity contribution >= 4 is 35.4 Å². The average Bonchev–Trinajstić information content (AvgIpc) is 2.09. The number of halogens is 1. The van der Waals surface area contributed by atoms with Crippen LogP contribution in [-0.2, 0) is 13.4 Å². The predicted molar refractivity (Wildman–Crippen MR) is 76.9 cm³/mol. The minimum atomic E-state index is -2.50. The van der Waals surface area contributed by atoms with Crippen molar-refractivity contribution in [3.8, 4) is 0 Å². The molecular formula is C9H24ClO3PSi2. The van der Waals surface area contributed by atoms with Gasteiger partial charge in [-0.3, -0.25) is 0 Å². The molecule has 0 atom stereocenters. The van der Waals surface area contributed by atoms with Crippen molar-refractivity contribution in [2.24, 2.45) is 0 Å². The Labute approximate surface area is 106 Å². The molecule has 0 N–H and O–H groups in total. The highest BCUT2D eigenvalue weighted by Crippen LogP contribution is 2.47. The van der Waals surface area contributed by atoms with Gasteiger partial charge in [0.25, 0.3) is 0 Å². The van der Waals surface area contributed by atoms with Gasteiger partial charge in [0.2, 0.25) is 0 Å². The first-order valence-electron chi connectivity index (χ1n) is 5.38. The molecule has 0 aliphatic heterocycles. The van der Waals surface area contributed by atoms with E-state index in [4.69, 9.17) is 20.5 Å². The summed E-state index contributed by atoms with van der Waals surface area (Å²) in [4.78, 5) is 0. The summed E-state index contributed by atoms with van der Waals surface area (Å²) in [6, 6.07) is 0. The number of hydrogen-bond acceptors (Lipinski definition) is 3. The third kappa shape index (κ3) is 8.96. The summed E-state index contributed by atoms with van der Waals surface area (Å²) in [5.74, 6) is 0. The van der Waals surface area contributed by atoms with Crippen molar-refractivity contribution in [1.82, 2.24) is 0 Å². The van der Waals surface area contributed by atoms with Gasteiger partial charge in [0.15, 0.2) is 16.6 Å². The summed E-state index contributed by atoms with van der Waals surface area (Å²) in [5, 5.41) is 0. The van der Waals surface area contributed by atoms with Crippen LogP contribution in [0, 0.1) is 0 Å². The quantitative estimate of drug-likeness (QED) is 0.402. The first-order valence-corrected chi connectivity index (χ1v) is 15.0. The van der Waals surface area contributed by atoms with Crippen LogP contribution < -0.4 is 0 Å². The van der Waals surface area contributed by atoms with Crippen molar-refractivity contribution in [2.75, 3.05) is 18.3 Å². The molecule has 0 saturated carbocycles. The Morgan fingerprint density at radius 1 is 0.938 bits per heavy atom. The number of alkyl halides is 1. The molecule has 7 heteroatoms. The van der Waals surface area contributed by atoms with Crippen LogP contribution in [0.3, 0.4) is 0 Å². The van der Waals surface area contributed by atoms with Crippen LogP contribution in [0.1, 0.15) is 0 Å². The lowest BCUT2D eigenvalue weighted by Gasteiger charge is -2.25. The van der Waals surface area contributed by atoms with Crippen molar-refractivity contribution in [3.63, 3.8) is 0 Å². The lowest BCUT2D eigenvalue weighted by molar-refractivity contribution is 0.341. The van der Waals surface area contributed by atoms with Gasteiger partial charge in [0.1, 0.15) is 7.14 Å². The second-order valence-electron chi connectivity index (χ2n) is 5.95. The topological polar surface area (TPSA) is 35.5 Å². The van der Waals surface area contributed by atoms with Gasteiger partial charge in [-0.25, -0.2) is 0 Å². The zero-order valence-electron chi connectivity index (χ0n) is 11.2. The molecule has 0 aliphatic rings. The molecule has 0 aliphatic carbocycles. The molecule has 0 fully saturated rings. The average molecular weight is 303 g/mol. The Kier molecular flexibility index (Phi) is 6.50. The summed E-state index contributed by atoms with van der Waals surface area (Å²) >= 11 is 5.77. The van der Waals surface area contributed by atoms with Crippen molar-refractivity contribution in [2.45, 2.75) is 39.3 Å². The predicted octanol–water partition coefficient (Wildman–Crippen LogP) is 4.16. The molecule has 3 nitrogen and oxygen atoms in total. The van der Waals surface area contributed by atoms with Crippen molar-refractivity contribution in [3.05, 3.63) is 0 Å². The standard InChI is InChI=1S/C9H24ClO3PSi2/c1-15(2,3)12-8-14(11,7-10)9-13-16(4,5)6/h7-9H2,1-6H3. The van der Waals surface area contributed by atoms with Gasteiger partial charge in [0, 0.05) is 0 Å². The summed E-state index contributed by atoms with van der Waals surface area (Å²) in [5.41, 5.74) is 0.141. The SMILES string of the molecule is C[Si](C)(C)OCP(=O)(CCl)CO[Si](C)(C)C. The molecule has 0 bridgehead atoms. The van der Waals surface area contributed by atoms with Gasteiger partial charge < -0.3 is 13.4 Å². The lowest BCUT2D eigenvalue weighted by atomic mass is 11.7. The second kappa shape index (κ2) is 6.16. The Hall–Kier alpha value is 0.874. The normalized spacial score (nSPS) is 14.2. The molecule has 0 heterocycles. The molecule has 0 amide bonds. The molecule has 0 unspecified atom stereocenters. The highest BCUT2D eigenvalue weighted by atomic mass is 35.5. The van der Waals surface area contributed by atoms with Gasteiger partial charge in [-0.1, -0.05) is 0 Å². The van der Waals surface area contributed by atoms with E-state index in [2.05, 4.69) is 39.3 Å². The fraction of sp³-hybridized carbons (Fsp3) is 1.00. The molecule has 0 radical (unpaired) electrons. The largest absolute Gasteiger partial charge is 0.410 e. The fourth-order valence-electron chi connectivity index (χ4n) is 0.729. The van der Waals surface area contributed by atoms with Gasteiger partial charge >= 0.3 is 0 Å². The maximum Gasteiger partial charge on any atom is 0.184 e. The van der Waals surface area contributed by atoms with Gasteiger partial charge in [-0.2, -0.15) is 0 Å². The van der Waals surface area contributed by atoms with E-state index < -0.39 is 23.8 Å². The molecule has 0 rings (SSSR count). The maximum atomic E-state index is 12.3. The summed E-state index contributed by atoms with van der Waals surface area (Å²) < 4.78 is 23.7. The van der Waals surface area contributed by atoms with Crippen LogP contribution in [0.25, 0.3) is 0 Å². The monoisotopic (exact) mass is 302 g/mol. The first kappa shape index (κ1) is 16.9. The van der Waals surface area contributed by atoms with Crippen molar-refractivity contribution < 1.29 is 13.4 Å². The van der Waals surface area contributed by atoms with E-state index in [9.17, 15) is 4.57 Å². The summed E-state index contributed by atoms with van der Waals surface area (Å²) in [7, 11) is -5.77. The van der Waals surface area contributed by atoms with Gasteiger partial charge in [0.05, 0.1) is 18.3 Å². The molecule has 0 aromatic heterocycles. The number of rotatable bonds is 7. The van der Waals surface area contributed by atoms with Crippen LogP contribution in [0.2, 0.25) is 39.3 Å². The lowest BCUT2D eigenvalue weighted by Crippen LogP contribution is -2.29.